The molecule has 1 aliphatic heterocycles. The predicted molar refractivity (Wildman–Crippen MR) is 81.2 cm³/mol. The van der Waals surface area contributed by atoms with Crippen molar-refractivity contribution in [3.05, 3.63) is 0 Å². The highest BCUT2D eigenvalue weighted by Gasteiger charge is 2.44. The van der Waals surface area contributed by atoms with Gasteiger partial charge in [-0.1, -0.05) is 38.5 Å². The summed E-state index contributed by atoms with van der Waals surface area (Å²) in [5.74, 6) is 0.995. The van der Waals surface area contributed by atoms with Crippen LogP contribution in [-0.4, -0.2) is 29.6 Å². The molecule has 2 nitrogen and oxygen atoms in total. The summed E-state index contributed by atoms with van der Waals surface area (Å²) in [4.78, 5) is 2.92. The molecule has 3 rings (SSSR count). The molecule has 1 saturated heterocycles. The van der Waals surface area contributed by atoms with Gasteiger partial charge >= 0.3 is 0 Å². The second-order valence-corrected chi connectivity index (χ2v) is 7.29. The molecule has 2 unspecified atom stereocenters. The topological polar surface area (TPSA) is 29.3 Å². The number of nitrogens with two attached hydrogens (primary N) is 1. The molecule has 2 N–H and O–H groups in total. The van der Waals surface area contributed by atoms with Crippen LogP contribution >= 0.6 is 0 Å². The second kappa shape index (κ2) is 6.13. The Kier molecular flexibility index (Phi) is 4.48. The van der Waals surface area contributed by atoms with Crippen LogP contribution in [-0.2, 0) is 0 Å². The van der Waals surface area contributed by atoms with E-state index in [4.69, 9.17) is 5.73 Å². The molecule has 0 spiro atoms. The minimum absolute atomic E-state index is 0.372. The number of hydrogen-bond acceptors (Lipinski definition) is 2. The van der Waals surface area contributed by atoms with Gasteiger partial charge in [0.15, 0.2) is 0 Å². The van der Waals surface area contributed by atoms with Gasteiger partial charge in [0.25, 0.3) is 0 Å². The summed E-state index contributed by atoms with van der Waals surface area (Å²) in [5.41, 5.74) is 6.69. The van der Waals surface area contributed by atoms with Gasteiger partial charge in [-0.2, -0.15) is 0 Å². The van der Waals surface area contributed by atoms with E-state index in [1.165, 1.54) is 83.6 Å². The number of hydrogen-bond donors (Lipinski definition) is 1. The fourth-order valence-electron chi connectivity index (χ4n) is 5.21. The van der Waals surface area contributed by atoms with E-state index in [2.05, 4.69) is 4.90 Å². The molecule has 2 atom stereocenters. The first kappa shape index (κ1) is 13.9. The van der Waals surface area contributed by atoms with Crippen LogP contribution in [0.15, 0.2) is 0 Å². The molecular formula is C17H32N2. The normalized spacial score (nSPS) is 36.5. The molecule has 19 heavy (non-hydrogen) atoms. The van der Waals surface area contributed by atoms with Crippen LogP contribution in [0.2, 0.25) is 0 Å². The van der Waals surface area contributed by atoms with Gasteiger partial charge in [-0.25, -0.2) is 0 Å². The molecule has 0 radical (unpaired) electrons. The summed E-state index contributed by atoms with van der Waals surface area (Å²) >= 11 is 0. The highest BCUT2D eigenvalue weighted by Crippen LogP contribution is 2.42. The zero-order valence-electron chi connectivity index (χ0n) is 12.6. The quantitative estimate of drug-likeness (QED) is 0.771. The standard InChI is InChI=1S/C17H32N2/c18-14-17(11-5-1-2-6-12-17)19-13-7-9-15-8-3-4-10-16(15)19/h15-16H,1-14,18H2. The summed E-state index contributed by atoms with van der Waals surface area (Å²) in [6.07, 6.45) is 17.2. The fourth-order valence-corrected chi connectivity index (χ4v) is 5.21. The van der Waals surface area contributed by atoms with Crippen LogP contribution in [0.25, 0.3) is 0 Å². The minimum atomic E-state index is 0.372. The Morgan fingerprint density at radius 3 is 2.26 bits per heavy atom. The Morgan fingerprint density at radius 1 is 0.842 bits per heavy atom. The zero-order chi connectivity index (χ0) is 13.1. The van der Waals surface area contributed by atoms with Crippen molar-refractivity contribution in [2.24, 2.45) is 11.7 Å². The van der Waals surface area contributed by atoms with Crippen molar-refractivity contribution < 1.29 is 0 Å². The van der Waals surface area contributed by atoms with Gasteiger partial charge in [0.2, 0.25) is 0 Å². The highest BCUT2D eigenvalue weighted by molar-refractivity contribution is 5.00. The van der Waals surface area contributed by atoms with E-state index in [-0.39, 0.29) is 0 Å². The third-order valence-electron chi connectivity index (χ3n) is 6.27. The van der Waals surface area contributed by atoms with Crippen molar-refractivity contribution in [3.8, 4) is 0 Å². The van der Waals surface area contributed by atoms with Crippen molar-refractivity contribution in [2.45, 2.75) is 88.6 Å². The van der Waals surface area contributed by atoms with E-state index in [9.17, 15) is 0 Å². The Bertz CT molecular complexity index is 279. The first-order valence-corrected chi connectivity index (χ1v) is 8.83. The lowest BCUT2D eigenvalue weighted by atomic mass is 9.74. The largest absolute Gasteiger partial charge is 0.329 e. The van der Waals surface area contributed by atoms with E-state index in [0.717, 1.165) is 18.5 Å². The third-order valence-corrected chi connectivity index (χ3v) is 6.27. The summed E-state index contributed by atoms with van der Waals surface area (Å²) in [5, 5.41) is 0. The van der Waals surface area contributed by atoms with E-state index >= 15 is 0 Å². The van der Waals surface area contributed by atoms with Crippen LogP contribution in [0.4, 0.5) is 0 Å². The lowest BCUT2D eigenvalue weighted by Gasteiger charge is -2.54. The third kappa shape index (κ3) is 2.71. The van der Waals surface area contributed by atoms with Crippen LogP contribution in [0.5, 0.6) is 0 Å². The van der Waals surface area contributed by atoms with Crippen LogP contribution in [0.3, 0.4) is 0 Å². The number of rotatable bonds is 2. The average molecular weight is 264 g/mol. The van der Waals surface area contributed by atoms with Gasteiger partial charge in [-0.05, 0) is 51.0 Å². The molecule has 1 heterocycles. The van der Waals surface area contributed by atoms with E-state index in [1.54, 1.807) is 0 Å². The summed E-state index contributed by atoms with van der Waals surface area (Å²) in [6, 6.07) is 0.879. The second-order valence-electron chi connectivity index (χ2n) is 7.29. The molecule has 2 aliphatic carbocycles. The molecular weight excluding hydrogens is 232 g/mol. The predicted octanol–water partition coefficient (Wildman–Crippen LogP) is 3.69. The average Bonchev–Trinajstić information content (AvgIpc) is 2.73. The highest BCUT2D eigenvalue weighted by atomic mass is 15.2. The van der Waals surface area contributed by atoms with Gasteiger partial charge < -0.3 is 5.73 Å². The van der Waals surface area contributed by atoms with E-state index in [1.807, 2.05) is 0 Å². The smallest absolute Gasteiger partial charge is 0.0334 e. The Morgan fingerprint density at radius 2 is 1.53 bits per heavy atom. The van der Waals surface area contributed by atoms with Crippen molar-refractivity contribution in [3.63, 3.8) is 0 Å². The molecule has 0 aromatic rings. The van der Waals surface area contributed by atoms with Crippen LogP contribution < -0.4 is 5.73 Å². The maximum Gasteiger partial charge on any atom is 0.0334 e. The van der Waals surface area contributed by atoms with Crippen LogP contribution in [0.1, 0.15) is 77.0 Å². The van der Waals surface area contributed by atoms with Crippen molar-refractivity contribution >= 4 is 0 Å². The van der Waals surface area contributed by atoms with Gasteiger partial charge in [-0.3, -0.25) is 4.90 Å². The molecule has 2 heteroatoms. The molecule has 2 saturated carbocycles. The van der Waals surface area contributed by atoms with Gasteiger partial charge in [-0.15, -0.1) is 0 Å². The Hall–Kier alpha value is -0.0800. The Labute approximate surface area is 119 Å². The number of likely N-dealkylation sites (tertiary alicyclic amines) is 1. The minimum Gasteiger partial charge on any atom is -0.329 e. The van der Waals surface area contributed by atoms with Crippen LogP contribution in [0, 0.1) is 5.92 Å². The zero-order valence-corrected chi connectivity index (χ0v) is 12.6. The summed E-state index contributed by atoms with van der Waals surface area (Å²) in [7, 11) is 0. The molecule has 3 aliphatic rings. The SMILES string of the molecule is NCC1(N2CCCC3CCCCC32)CCCCCC1. The van der Waals surface area contributed by atoms with Gasteiger partial charge in [0.1, 0.15) is 0 Å². The van der Waals surface area contributed by atoms with Crippen molar-refractivity contribution in [2.75, 3.05) is 13.1 Å². The molecule has 0 aromatic heterocycles. The lowest BCUT2D eigenvalue weighted by Crippen LogP contribution is -2.61. The van der Waals surface area contributed by atoms with E-state index in [0.29, 0.717) is 5.54 Å². The monoisotopic (exact) mass is 264 g/mol. The summed E-state index contributed by atoms with van der Waals surface area (Å²) < 4.78 is 0. The maximum absolute atomic E-state index is 6.32. The fraction of sp³-hybridized carbons (Fsp3) is 1.00. The Balaban J connectivity index is 1.79. The first-order valence-electron chi connectivity index (χ1n) is 8.83. The van der Waals surface area contributed by atoms with E-state index < -0.39 is 0 Å². The van der Waals surface area contributed by atoms with Crippen molar-refractivity contribution in [1.29, 1.82) is 0 Å². The van der Waals surface area contributed by atoms with Gasteiger partial charge in [0, 0.05) is 18.1 Å². The molecule has 110 valence electrons. The summed E-state index contributed by atoms with van der Waals surface area (Å²) in [6.45, 7) is 2.23. The molecule has 0 aromatic carbocycles. The lowest BCUT2D eigenvalue weighted by molar-refractivity contribution is -0.0331. The maximum atomic E-state index is 6.32. The number of nitrogens with zero attached hydrogens (tertiary/aromatic N) is 1. The number of fused-ring (bicyclic) bond motifs is 1. The number of piperidine rings is 1. The van der Waals surface area contributed by atoms with Gasteiger partial charge in [0.05, 0.1) is 0 Å². The molecule has 3 fully saturated rings. The molecule has 0 amide bonds. The molecule has 0 bridgehead atoms. The van der Waals surface area contributed by atoms with Crippen molar-refractivity contribution in [1.82, 2.24) is 4.90 Å². The first-order chi connectivity index (χ1) is 9.36.